The molecule has 25 heavy (non-hydrogen) atoms. The van der Waals surface area contributed by atoms with Gasteiger partial charge < -0.3 is 15.2 Å². The van der Waals surface area contributed by atoms with Crippen LogP contribution in [0.3, 0.4) is 0 Å². The molecule has 2 atom stereocenters. The monoisotopic (exact) mass is 374 g/mol. The molecule has 2 aromatic rings. The number of hydrogen-bond donors (Lipinski definition) is 2. The minimum atomic E-state index is -4.59. The fraction of sp³-hybridized carbons (Fsp3) is 0.500. The SMILES string of the molecule is Cc1c(Cl)c(C(F)(F)F)cc2c(N3CC(C)NC(C)C3)nc(=O)[nH]c12. The number of nitrogens with one attached hydrogen (secondary N) is 2. The molecule has 2 N–H and O–H groups in total. The molecule has 0 bridgehead atoms. The van der Waals surface area contributed by atoms with Gasteiger partial charge in [0.2, 0.25) is 0 Å². The summed E-state index contributed by atoms with van der Waals surface area (Å²) >= 11 is 5.91. The summed E-state index contributed by atoms with van der Waals surface area (Å²) in [5.41, 5.74) is -1.07. The van der Waals surface area contributed by atoms with E-state index in [1.54, 1.807) is 0 Å². The second-order valence-electron chi connectivity index (χ2n) is 6.52. The Morgan fingerprint density at radius 1 is 1.28 bits per heavy atom. The van der Waals surface area contributed by atoms with E-state index in [-0.39, 0.29) is 34.4 Å². The van der Waals surface area contributed by atoms with Crippen LogP contribution in [0.4, 0.5) is 19.0 Å². The van der Waals surface area contributed by atoms with Gasteiger partial charge in [-0.15, -0.1) is 0 Å². The quantitative estimate of drug-likeness (QED) is 0.805. The molecule has 136 valence electrons. The molecule has 1 fully saturated rings. The number of alkyl halides is 3. The van der Waals surface area contributed by atoms with Crippen LogP contribution in [0.5, 0.6) is 0 Å². The highest BCUT2D eigenvalue weighted by Gasteiger charge is 2.35. The Bertz CT molecular complexity index is 870. The topological polar surface area (TPSA) is 61.0 Å². The molecule has 0 saturated carbocycles. The molecule has 1 saturated heterocycles. The van der Waals surface area contributed by atoms with Gasteiger partial charge in [-0.1, -0.05) is 11.6 Å². The first-order valence-corrected chi connectivity index (χ1v) is 8.27. The number of benzene rings is 1. The van der Waals surface area contributed by atoms with Gasteiger partial charge in [0.1, 0.15) is 5.82 Å². The normalized spacial score (nSPS) is 21.8. The van der Waals surface area contributed by atoms with Crippen molar-refractivity contribution in [1.29, 1.82) is 0 Å². The predicted octanol–water partition coefficient (Wildman–Crippen LogP) is 3.09. The van der Waals surface area contributed by atoms with Gasteiger partial charge >= 0.3 is 11.9 Å². The molecule has 2 unspecified atom stereocenters. The standard InChI is InChI=1S/C16H18ClF3N4O/c1-7-5-24(6-8(2)21-7)14-10-4-11(16(18,19)20)12(17)9(3)13(10)22-15(25)23-14/h4,7-8,21H,5-6H2,1-3H3,(H,22,23,25). The highest BCUT2D eigenvalue weighted by atomic mass is 35.5. The van der Waals surface area contributed by atoms with Crippen LogP contribution in [0.2, 0.25) is 5.02 Å². The number of fused-ring (bicyclic) bond motifs is 1. The number of anilines is 1. The summed E-state index contributed by atoms with van der Waals surface area (Å²) in [4.78, 5) is 20.3. The molecule has 1 aliphatic heterocycles. The van der Waals surface area contributed by atoms with Gasteiger partial charge in [-0.05, 0) is 32.4 Å². The minimum Gasteiger partial charge on any atom is -0.353 e. The molecule has 0 spiro atoms. The van der Waals surface area contributed by atoms with Gasteiger partial charge in [-0.25, -0.2) is 4.79 Å². The van der Waals surface area contributed by atoms with Crippen molar-refractivity contribution in [2.24, 2.45) is 0 Å². The van der Waals surface area contributed by atoms with Gasteiger partial charge in [0, 0.05) is 30.6 Å². The molecule has 9 heteroatoms. The Morgan fingerprint density at radius 3 is 2.44 bits per heavy atom. The predicted molar refractivity (Wildman–Crippen MR) is 91.4 cm³/mol. The van der Waals surface area contributed by atoms with E-state index >= 15 is 0 Å². The van der Waals surface area contributed by atoms with E-state index in [2.05, 4.69) is 15.3 Å². The molecule has 5 nitrogen and oxygen atoms in total. The number of aromatic nitrogens is 2. The maximum atomic E-state index is 13.3. The summed E-state index contributed by atoms with van der Waals surface area (Å²) in [6.45, 7) is 6.49. The number of aromatic amines is 1. The van der Waals surface area contributed by atoms with Crippen molar-refractivity contribution in [2.45, 2.75) is 39.0 Å². The number of hydrogen-bond acceptors (Lipinski definition) is 4. The largest absolute Gasteiger partial charge is 0.417 e. The third kappa shape index (κ3) is 3.32. The Hall–Kier alpha value is -1.80. The van der Waals surface area contributed by atoms with Crippen molar-refractivity contribution in [1.82, 2.24) is 15.3 Å². The van der Waals surface area contributed by atoms with E-state index < -0.39 is 22.5 Å². The van der Waals surface area contributed by atoms with Crippen LogP contribution in [-0.2, 0) is 6.18 Å². The maximum absolute atomic E-state index is 13.3. The summed E-state index contributed by atoms with van der Waals surface area (Å²) in [5.74, 6) is 0.254. The molecular weight excluding hydrogens is 357 g/mol. The first-order chi connectivity index (χ1) is 11.6. The fourth-order valence-corrected chi connectivity index (χ4v) is 3.63. The number of nitrogens with zero attached hydrogens (tertiary/aromatic N) is 2. The number of aryl methyl sites for hydroxylation is 1. The average Bonchev–Trinajstić information content (AvgIpc) is 2.48. The third-order valence-corrected chi connectivity index (χ3v) is 4.83. The van der Waals surface area contributed by atoms with Crippen LogP contribution in [0, 0.1) is 6.92 Å². The molecule has 1 aromatic carbocycles. The van der Waals surface area contributed by atoms with E-state index in [1.807, 2.05) is 18.7 Å². The smallest absolute Gasteiger partial charge is 0.353 e. The third-order valence-electron chi connectivity index (χ3n) is 4.34. The summed E-state index contributed by atoms with van der Waals surface area (Å²) < 4.78 is 40.0. The summed E-state index contributed by atoms with van der Waals surface area (Å²) in [6, 6.07) is 1.21. The molecule has 1 aliphatic rings. The van der Waals surface area contributed by atoms with Crippen LogP contribution in [0.1, 0.15) is 25.0 Å². The van der Waals surface area contributed by atoms with E-state index in [1.165, 1.54) is 6.92 Å². The van der Waals surface area contributed by atoms with Gasteiger partial charge in [0.15, 0.2) is 0 Å². The van der Waals surface area contributed by atoms with Crippen molar-refractivity contribution >= 4 is 28.3 Å². The summed E-state index contributed by atoms with van der Waals surface area (Å²) in [6.07, 6.45) is -4.59. The molecular formula is C16H18ClF3N4O. The molecule has 0 amide bonds. The van der Waals surface area contributed by atoms with Crippen molar-refractivity contribution in [3.05, 3.63) is 32.7 Å². The van der Waals surface area contributed by atoms with Gasteiger partial charge in [0.05, 0.1) is 16.1 Å². The van der Waals surface area contributed by atoms with Crippen molar-refractivity contribution < 1.29 is 13.2 Å². The lowest BCUT2D eigenvalue weighted by atomic mass is 10.0. The number of rotatable bonds is 1. The highest BCUT2D eigenvalue weighted by molar-refractivity contribution is 6.33. The van der Waals surface area contributed by atoms with Crippen LogP contribution >= 0.6 is 11.6 Å². The maximum Gasteiger partial charge on any atom is 0.417 e. The second kappa shape index (κ2) is 6.17. The zero-order chi connectivity index (χ0) is 18.5. The highest BCUT2D eigenvalue weighted by Crippen LogP contribution is 2.40. The van der Waals surface area contributed by atoms with Crippen LogP contribution < -0.4 is 15.9 Å². The Labute approximate surface area is 147 Å². The molecule has 3 rings (SSSR count). The second-order valence-corrected chi connectivity index (χ2v) is 6.90. The van der Waals surface area contributed by atoms with E-state index in [4.69, 9.17) is 11.6 Å². The Kier molecular flexibility index (Phi) is 4.45. The number of halogens is 4. The Balaban J connectivity index is 2.28. The van der Waals surface area contributed by atoms with E-state index in [9.17, 15) is 18.0 Å². The van der Waals surface area contributed by atoms with Crippen LogP contribution in [0.15, 0.2) is 10.9 Å². The fourth-order valence-electron chi connectivity index (χ4n) is 3.37. The summed E-state index contributed by atoms with van der Waals surface area (Å²) in [5, 5.41) is 3.18. The van der Waals surface area contributed by atoms with Gasteiger partial charge in [-0.3, -0.25) is 0 Å². The zero-order valence-electron chi connectivity index (χ0n) is 14.0. The van der Waals surface area contributed by atoms with Gasteiger partial charge in [0.25, 0.3) is 0 Å². The number of H-pyrrole nitrogens is 1. The van der Waals surface area contributed by atoms with Crippen LogP contribution in [-0.4, -0.2) is 35.1 Å². The lowest BCUT2D eigenvalue weighted by Crippen LogP contribution is -2.54. The van der Waals surface area contributed by atoms with E-state index in [0.717, 1.165) is 6.07 Å². The first kappa shape index (κ1) is 18.0. The molecule has 1 aromatic heterocycles. The first-order valence-electron chi connectivity index (χ1n) is 7.89. The zero-order valence-corrected chi connectivity index (χ0v) is 14.7. The average molecular weight is 375 g/mol. The van der Waals surface area contributed by atoms with Crippen LogP contribution in [0.25, 0.3) is 10.9 Å². The van der Waals surface area contributed by atoms with Gasteiger partial charge in [-0.2, -0.15) is 18.2 Å². The minimum absolute atomic E-state index is 0.121. The van der Waals surface area contributed by atoms with Crippen molar-refractivity contribution in [3.8, 4) is 0 Å². The molecule has 0 aliphatic carbocycles. The lowest BCUT2D eigenvalue weighted by Gasteiger charge is -2.37. The van der Waals surface area contributed by atoms with Crippen molar-refractivity contribution in [3.63, 3.8) is 0 Å². The Morgan fingerprint density at radius 2 is 1.88 bits per heavy atom. The summed E-state index contributed by atoms with van der Waals surface area (Å²) in [7, 11) is 0. The number of piperazine rings is 1. The van der Waals surface area contributed by atoms with Crippen molar-refractivity contribution in [2.75, 3.05) is 18.0 Å². The van der Waals surface area contributed by atoms with E-state index in [0.29, 0.717) is 13.1 Å². The molecule has 0 radical (unpaired) electrons. The molecule has 2 heterocycles. The lowest BCUT2D eigenvalue weighted by molar-refractivity contribution is -0.137.